The van der Waals surface area contributed by atoms with Crippen LogP contribution in [0.1, 0.15) is 68.4 Å². The molecule has 54 heavy (non-hydrogen) atoms. The van der Waals surface area contributed by atoms with E-state index in [1.165, 1.54) is 12.0 Å². The summed E-state index contributed by atoms with van der Waals surface area (Å²) in [4.78, 5) is 40.7. The molecule has 1 aliphatic heterocycles. The molecular weight excluding hydrogens is 681 g/mol. The van der Waals surface area contributed by atoms with Crippen molar-refractivity contribution in [3.8, 4) is 16.9 Å². The number of aryl methyl sites for hydroxylation is 1. The molecule has 0 spiro atoms. The van der Waals surface area contributed by atoms with E-state index >= 15 is 0 Å². The van der Waals surface area contributed by atoms with Gasteiger partial charge in [0.1, 0.15) is 17.9 Å². The monoisotopic (exact) mass is 738 g/mol. The normalized spacial score (nSPS) is 27.0. The van der Waals surface area contributed by atoms with Gasteiger partial charge < -0.3 is 25.2 Å². The Kier molecular flexibility index (Phi) is 12.4. The lowest BCUT2D eigenvalue weighted by atomic mass is 9.45. The molecule has 3 saturated carbocycles. The Balaban J connectivity index is 1.23. The van der Waals surface area contributed by atoms with Crippen LogP contribution in [0.25, 0.3) is 11.1 Å². The number of aliphatic hydroxyl groups is 2. The first-order valence-corrected chi connectivity index (χ1v) is 19.4. The molecule has 3 aromatic rings. The molecule has 3 aromatic carbocycles. The van der Waals surface area contributed by atoms with Crippen molar-refractivity contribution in [3.05, 3.63) is 89.5 Å². The van der Waals surface area contributed by atoms with E-state index in [0.717, 1.165) is 35.2 Å². The summed E-state index contributed by atoms with van der Waals surface area (Å²) in [6.45, 7) is 8.97. The molecule has 1 saturated heterocycles. The number of rotatable bonds is 14. The van der Waals surface area contributed by atoms with Gasteiger partial charge in [0.15, 0.2) is 0 Å². The van der Waals surface area contributed by atoms with Gasteiger partial charge in [-0.05, 0) is 93.1 Å². The largest absolute Gasteiger partial charge is 0.496 e. The smallest absolute Gasteiger partial charge is 0.276 e. The topological polar surface area (TPSA) is 124 Å². The second kappa shape index (κ2) is 16.8. The van der Waals surface area contributed by atoms with Crippen LogP contribution in [0.2, 0.25) is 0 Å². The number of para-hydroxylation sites is 1. The van der Waals surface area contributed by atoms with E-state index in [4.69, 9.17) is 9.57 Å². The molecule has 7 rings (SSSR count). The summed E-state index contributed by atoms with van der Waals surface area (Å²) in [5.41, 5.74) is 5.09. The highest BCUT2D eigenvalue weighted by Crippen LogP contribution is 2.61. The zero-order valence-electron chi connectivity index (χ0n) is 32.9. The number of hydroxylamine groups is 2. The van der Waals surface area contributed by atoms with Crippen LogP contribution in [-0.2, 0) is 22.6 Å². The fraction of sp³-hybridized carbons (Fsp3) is 0.523. The Morgan fingerprint density at radius 3 is 2.46 bits per heavy atom. The Labute approximate surface area is 320 Å². The number of aliphatic imine (C=N–C) groups is 1. The Morgan fingerprint density at radius 2 is 1.81 bits per heavy atom. The first-order valence-electron chi connectivity index (χ1n) is 19.4. The number of fused-ring (bicyclic) bond motifs is 2. The molecule has 0 unspecified atom stereocenters. The van der Waals surface area contributed by atoms with Crippen molar-refractivity contribution >= 4 is 17.5 Å². The molecule has 4 aliphatic rings. The second-order valence-corrected chi connectivity index (χ2v) is 16.5. The zero-order chi connectivity index (χ0) is 38.7. The van der Waals surface area contributed by atoms with E-state index in [1.807, 2.05) is 73.6 Å². The third kappa shape index (κ3) is 8.33. The third-order valence-corrected chi connectivity index (χ3v) is 12.4. The molecule has 3 aliphatic carbocycles. The Morgan fingerprint density at radius 1 is 1.07 bits per heavy atom. The minimum absolute atomic E-state index is 0.0407. The van der Waals surface area contributed by atoms with E-state index in [1.54, 1.807) is 25.2 Å². The maximum atomic E-state index is 14.2. The van der Waals surface area contributed by atoms with Crippen LogP contribution in [0.4, 0.5) is 0 Å². The highest BCUT2D eigenvalue weighted by molar-refractivity contribution is 6.05. The summed E-state index contributed by atoms with van der Waals surface area (Å²) in [6, 6.07) is 22.6. The fourth-order valence-corrected chi connectivity index (χ4v) is 9.33. The van der Waals surface area contributed by atoms with Crippen molar-refractivity contribution in [1.82, 2.24) is 15.3 Å². The van der Waals surface area contributed by atoms with Crippen LogP contribution < -0.4 is 10.1 Å². The second-order valence-electron chi connectivity index (χ2n) is 16.5. The van der Waals surface area contributed by atoms with Crippen LogP contribution in [0.5, 0.6) is 5.75 Å². The molecule has 0 aromatic heterocycles. The van der Waals surface area contributed by atoms with Crippen molar-refractivity contribution in [3.63, 3.8) is 0 Å². The van der Waals surface area contributed by atoms with E-state index in [-0.39, 0.29) is 36.4 Å². The predicted molar refractivity (Wildman–Crippen MR) is 211 cm³/mol. The Bertz CT molecular complexity index is 1810. The van der Waals surface area contributed by atoms with E-state index in [0.29, 0.717) is 42.0 Å². The van der Waals surface area contributed by atoms with Gasteiger partial charge in [0, 0.05) is 40.9 Å². The average molecular weight is 739 g/mol. The molecule has 2 amide bonds. The Hall–Kier alpha value is -3.93. The first kappa shape index (κ1) is 39.8. The van der Waals surface area contributed by atoms with Crippen LogP contribution in [0, 0.1) is 29.1 Å². The molecular formula is C44H58N4O6. The van der Waals surface area contributed by atoms with Gasteiger partial charge >= 0.3 is 0 Å². The lowest BCUT2D eigenvalue weighted by Gasteiger charge is -2.62. The number of nitrogens with one attached hydrogen (secondary N) is 1. The summed E-state index contributed by atoms with van der Waals surface area (Å²) < 4.78 is 6.02. The summed E-state index contributed by atoms with van der Waals surface area (Å²) in [5, 5.41) is 26.2. The number of benzene rings is 3. The fourth-order valence-electron chi connectivity index (χ4n) is 9.33. The van der Waals surface area contributed by atoms with Crippen molar-refractivity contribution < 1.29 is 29.4 Å². The van der Waals surface area contributed by atoms with Gasteiger partial charge in [0.25, 0.3) is 5.91 Å². The van der Waals surface area contributed by atoms with Crippen molar-refractivity contribution in [2.45, 2.75) is 84.2 Å². The number of hydrogen-bond acceptors (Lipinski definition) is 8. The number of hydrogen-bond donors (Lipinski definition) is 3. The number of methoxy groups -OCH3 is 1. The minimum Gasteiger partial charge on any atom is -0.496 e. The van der Waals surface area contributed by atoms with Gasteiger partial charge in [0.05, 0.1) is 26.4 Å². The maximum absolute atomic E-state index is 14.2. The number of carbonyl (C=O) groups is 2. The van der Waals surface area contributed by atoms with Crippen molar-refractivity contribution in [2.75, 3.05) is 34.4 Å². The van der Waals surface area contributed by atoms with E-state index in [9.17, 15) is 19.8 Å². The lowest BCUT2D eigenvalue weighted by molar-refractivity contribution is -0.183. The molecule has 8 atom stereocenters. The van der Waals surface area contributed by atoms with E-state index in [2.05, 4.69) is 43.2 Å². The van der Waals surface area contributed by atoms with Crippen LogP contribution in [0.3, 0.4) is 0 Å². The lowest BCUT2D eigenvalue weighted by Crippen LogP contribution is -2.62. The molecule has 3 N–H and O–H groups in total. The van der Waals surface area contributed by atoms with Gasteiger partial charge in [-0.2, -0.15) is 5.06 Å². The molecule has 10 heteroatoms. The molecule has 0 radical (unpaired) electrons. The number of nitrogens with zero attached hydrogens (tertiary/aromatic N) is 3. The number of amides is 2. The van der Waals surface area contributed by atoms with E-state index < -0.39 is 24.2 Å². The van der Waals surface area contributed by atoms with Crippen molar-refractivity contribution in [1.29, 1.82) is 0 Å². The predicted octanol–water partition coefficient (Wildman–Crippen LogP) is 5.80. The minimum atomic E-state index is -0.897. The molecule has 290 valence electrons. The maximum Gasteiger partial charge on any atom is 0.276 e. The van der Waals surface area contributed by atoms with Gasteiger partial charge in [-0.3, -0.25) is 14.4 Å². The van der Waals surface area contributed by atoms with Gasteiger partial charge in [-0.15, -0.1) is 0 Å². The summed E-state index contributed by atoms with van der Waals surface area (Å²) in [5.74, 6) is 0.904. The summed E-state index contributed by atoms with van der Waals surface area (Å²) in [6.07, 6.45) is 1.96. The van der Waals surface area contributed by atoms with Crippen molar-refractivity contribution in [2.24, 2.45) is 34.1 Å². The highest BCUT2D eigenvalue weighted by Gasteiger charge is 2.57. The molecule has 2 bridgehead atoms. The van der Waals surface area contributed by atoms with Crippen LogP contribution in [-0.4, -0.2) is 96.4 Å². The highest BCUT2D eigenvalue weighted by atomic mass is 16.7. The summed E-state index contributed by atoms with van der Waals surface area (Å²) >= 11 is 0. The van der Waals surface area contributed by atoms with Crippen LogP contribution in [0.15, 0.2) is 77.8 Å². The molecule has 4 fully saturated rings. The van der Waals surface area contributed by atoms with Gasteiger partial charge in [-0.1, -0.05) is 81.4 Å². The molecule has 10 nitrogen and oxygen atoms in total. The zero-order valence-corrected chi connectivity index (χ0v) is 32.9. The number of carbonyl (C=O) groups excluding carboxylic acids is 2. The number of ether oxygens (including phenoxy) is 1. The average Bonchev–Trinajstić information content (AvgIpc) is 3.53. The van der Waals surface area contributed by atoms with Crippen LogP contribution >= 0.6 is 0 Å². The van der Waals surface area contributed by atoms with Gasteiger partial charge in [0.2, 0.25) is 5.91 Å². The SMILES string of the molecule is COc1c(CN2O[C@@H](CO)[C@H]([C@H](C)O)[C@H]2C(=O)N[C@H]2C[C@H]3C[C@@H]([C@@H]2C)C3(C)C)cccc1-c1cccc(C(=O)N=C(CCc2ccccc2)CN(C)C)c1. The third-order valence-electron chi connectivity index (χ3n) is 12.4. The molecule has 1 heterocycles. The number of aliphatic hydroxyl groups excluding tert-OH is 2. The quantitative estimate of drug-likeness (QED) is 0.178. The first-order chi connectivity index (χ1) is 25.8. The van der Waals surface area contributed by atoms with Gasteiger partial charge in [-0.25, -0.2) is 4.99 Å². The summed E-state index contributed by atoms with van der Waals surface area (Å²) in [7, 11) is 5.54. The standard InChI is InChI=1S/C44H58N4O6/c1-27-36-22-33(44(36,3)4)23-37(27)46-43(52)40-39(28(2)50)38(26-49)54-48(40)24-32-17-12-18-35(41(32)53-7)30-15-11-16-31(21-30)42(51)45-34(25-47(5)6)20-19-29-13-9-8-10-14-29/h8-18,21,27-28,33,36-40,49-50H,19-20,22-26H2,1-7H3,(H,46,52)/t27-,28-,33+,36-,37-,38-,39-,40-/m0/s1.